The highest BCUT2D eigenvalue weighted by molar-refractivity contribution is 6.30. The number of fused-ring (bicyclic) bond motifs is 1. The van der Waals surface area contributed by atoms with Gasteiger partial charge >= 0.3 is 5.97 Å². The van der Waals surface area contributed by atoms with Gasteiger partial charge in [-0.05, 0) is 37.0 Å². The van der Waals surface area contributed by atoms with E-state index in [9.17, 15) is 4.79 Å². The smallest absolute Gasteiger partial charge is 0.303 e. The number of benzene rings is 1. The number of esters is 1. The highest BCUT2D eigenvalue weighted by Gasteiger charge is 2.42. The normalized spacial score (nSPS) is 28.1. The molecule has 0 spiro atoms. The standard InChI is InChI=1S/C16H18ClNO3/c1-10(19)20-14-5-3-2-4-13-15(18-21-16(13)14)11-6-8-12(17)9-7-11/h6-9,13-14,16H,2-5H2,1H3. The second-order valence-electron chi connectivity index (χ2n) is 5.59. The highest BCUT2D eigenvalue weighted by Crippen LogP contribution is 2.35. The number of carbonyl (C=O) groups is 1. The summed E-state index contributed by atoms with van der Waals surface area (Å²) in [6.45, 7) is 1.44. The Morgan fingerprint density at radius 2 is 2.00 bits per heavy atom. The molecule has 0 N–H and O–H groups in total. The van der Waals surface area contributed by atoms with E-state index in [1.54, 1.807) is 0 Å². The van der Waals surface area contributed by atoms with Crippen LogP contribution in [0.1, 0.15) is 38.2 Å². The van der Waals surface area contributed by atoms with Gasteiger partial charge < -0.3 is 9.57 Å². The quantitative estimate of drug-likeness (QED) is 0.785. The predicted octanol–water partition coefficient (Wildman–Crippen LogP) is 3.56. The lowest BCUT2D eigenvalue weighted by atomic mass is 9.88. The van der Waals surface area contributed by atoms with Crippen LogP contribution in [0.5, 0.6) is 0 Å². The van der Waals surface area contributed by atoms with Crippen molar-refractivity contribution in [1.82, 2.24) is 0 Å². The maximum Gasteiger partial charge on any atom is 0.303 e. The average Bonchev–Trinajstić information content (AvgIpc) is 2.77. The molecule has 112 valence electrons. The van der Waals surface area contributed by atoms with Crippen molar-refractivity contribution in [2.45, 2.75) is 44.8 Å². The van der Waals surface area contributed by atoms with E-state index in [1.165, 1.54) is 6.92 Å². The molecular formula is C16H18ClNO3. The molecular weight excluding hydrogens is 290 g/mol. The van der Waals surface area contributed by atoms with Crippen molar-refractivity contribution in [2.24, 2.45) is 11.1 Å². The van der Waals surface area contributed by atoms with Crippen molar-refractivity contribution >= 4 is 23.3 Å². The summed E-state index contributed by atoms with van der Waals surface area (Å²) in [5.74, 6) is -0.0813. The van der Waals surface area contributed by atoms with Gasteiger partial charge in [-0.1, -0.05) is 35.3 Å². The molecule has 1 aliphatic carbocycles. The zero-order valence-corrected chi connectivity index (χ0v) is 12.7. The van der Waals surface area contributed by atoms with Crippen LogP contribution in [0.2, 0.25) is 5.02 Å². The molecule has 2 aliphatic rings. The number of hydrogen-bond donors (Lipinski definition) is 0. The lowest BCUT2D eigenvalue weighted by Crippen LogP contribution is -2.36. The minimum Gasteiger partial charge on any atom is -0.458 e. The molecule has 1 aliphatic heterocycles. The summed E-state index contributed by atoms with van der Waals surface area (Å²) >= 11 is 5.93. The van der Waals surface area contributed by atoms with Gasteiger partial charge in [-0.3, -0.25) is 4.79 Å². The molecule has 3 unspecified atom stereocenters. The molecule has 0 amide bonds. The second-order valence-corrected chi connectivity index (χ2v) is 6.03. The Hall–Kier alpha value is -1.55. The van der Waals surface area contributed by atoms with E-state index >= 15 is 0 Å². The van der Waals surface area contributed by atoms with E-state index in [0.717, 1.165) is 37.0 Å². The van der Waals surface area contributed by atoms with Crippen LogP contribution in [0.15, 0.2) is 29.4 Å². The molecule has 0 radical (unpaired) electrons. The van der Waals surface area contributed by atoms with Crippen LogP contribution in [0.3, 0.4) is 0 Å². The Morgan fingerprint density at radius 3 is 2.71 bits per heavy atom. The van der Waals surface area contributed by atoms with Crippen LogP contribution >= 0.6 is 11.6 Å². The zero-order valence-electron chi connectivity index (χ0n) is 11.9. The Labute approximate surface area is 129 Å². The van der Waals surface area contributed by atoms with Gasteiger partial charge in [0.05, 0.1) is 5.71 Å². The molecule has 5 heteroatoms. The molecule has 0 saturated heterocycles. The molecule has 0 bridgehead atoms. The SMILES string of the molecule is CC(=O)OC1CCCCC2C(c3ccc(Cl)cc3)=NOC12. The molecule has 1 saturated carbocycles. The van der Waals surface area contributed by atoms with Crippen LogP contribution < -0.4 is 0 Å². The fraction of sp³-hybridized carbons (Fsp3) is 0.500. The molecule has 1 aromatic rings. The molecule has 1 fully saturated rings. The second kappa shape index (κ2) is 6.06. The van der Waals surface area contributed by atoms with Gasteiger partial charge in [0.1, 0.15) is 6.10 Å². The lowest BCUT2D eigenvalue weighted by Gasteiger charge is -2.23. The minimum atomic E-state index is -0.260. The van der Waals surface area contributed by atoms with Crippen LogP contribution in [0.4, 0.5) is 0 Å². The first-order valence-electron chi connectivity index (χ1n) is 7.32. The van der Waals surface area contributed by atoms with Gasteiger partial charge in [0.25, 0.3) is 0 Å². The predicted molar refractivity (Wildman–Crippen MR) is 80.4 cm³/mol. The molecule has 21 heavy (non-hydrogen) atoms. The number of rotatable bonds is 2. The van der Waals surface area contributed by atoms with E-state index in [1.807, 2.05) is 24.3 Å². The van der Waals surface area contributed by atoms with Crippen LogP contribution in [-0.4, -0.2) is 23.9 Å². The van der Waals surface area contributed by atoms with Crippen LogP contribution in [0.25, 0.3) is 0 Å². The van der Waals surface area contributed by atoms with Crippen molar-refractivity contribution in [2.75, 3.05) is 0 Å². The number of carbonyl (C=O) groups excluding carboxylic acids is 1. The summed E-state index contributed by atoms with van der Waals surface area (Å²) in [5.41, 5.74) is 1.96. The number of halogens is 1. The number of nitrogens with zero attached hydrogens (tertiary/aromatic N) is 1. The molecule has 1 heterocycles. The summed E-state index contributed by atoms with van der Waals surface area (Å²) < 4.78 is 5.43. The molecule has 4 nitrogen and oxygen atoms in total. The highest BCUT2D eigenvalue weighted by atomic mass is 35.5. The van der Waals surface area contributed by atoms with Crippen molar-refractivity contribution < 1.29 is 14.4 Å². The van der Waals surface area contributed by atoms with Crippen molar-refractivity contribution in [3.8, 4) is 0 Å². The van der Waals surface area contributed by atoms with Crippen LogP contribution in [-0.2, 0) is 14.4 Å². The third-order valence-electron chi connectivity index (χ3n) is 4.10. The summed E-state index contributed by atoms with van der Waals surface area (Å²) in [7, 11) is 0. The third-order valence-corrected chi connectivity index (χ3v) is 4.35. The number of ether oxygens (including phenoxy) is 1. The Bertz CT molecular complexity index is 555. The zero-order chi connectivity index (χ0) is 14.8. The first-order chi connectivity index (χ1) is 10.1. The largest absolute Gasteiger partial charge is 0.458 e. The molecule has 0 aromatic heterocycles. The Morgan fingerprint density at radius 1 is 1.29 bits per heavy atom. The van der Waals surface area contributed by atoms with E-state index in [-0.39, 0.29) is 24.1 Å². The van der Waals surface area contributed by atoms with Gasteiger partial charge in [0, 0.05) is 17.9 Å². The topological polar surface area (TPSA) is 47.9 Å². The first kappa shape index (κ1) is 14.4. The van der Waals surface area contributed by atoms with Crippen molar-refractivity contribution in [3.63, 3.8) is 0 Å². The van der Waals surface area contributed by atoms with Crippen molar-refractivity contribution in [1.29, 1.82) is 0 Å². The fourth-order valence-electron chi connectivity index (χ4n) is 3.14. The Kier molecular flexibility index (Phi) is 4.15. The fourth-order valence-corrected chi connectivity index (χ4v) is 3.27. The molecule has 3 rings (SSSR count). The molecule has 3 atom stereocenters. The third kappa shape index (κ3) is 3.05. The van der Waals surface area contributed by atoms with Gasteiger partial charge in [-0.25, -0.2) is 0 Å². The minimum absolute atomic E-state index is 0.165. The van der Waals surface area contributed by atoms with E-state index in [2.05, 4.69) is 5.16 Å². The summed E-state index contributed by atoms with van der Waals surface area (Å²) in [5, 5.41) is 4.96. The molecule has 1 aromatic carbocycles. The maximum absolute atomic E-state index is 11.3. The first-order valence-corrected chi connectivity index (χ1v) is 7.70. The monoisotopic (exact) mass is 307 g/mol. The summed E-state index contributed by atoms with van der Waals surface area (Å²) in [6.07, 6.45) is 3.61. The van der Waals surface area contributed by atoms with E-state index in [4.69, 9.17) is 21.2 Å². The number of oxime groups is 1. The summed E-state index contributed by atoms with van der Waals surface area (Å²) in [4.78, 5) is 16.9. The van der Waals surface area contributed by atoms with E-state index in [0.29, 0.717) is 5.02 Å². The average molecular weight is 308 g/mol. The van der Waals surface area contributed by atoms with Gasteiger partial charge in [-0.2, -0.15) is 0 Å². The van der Waals surface area contributed by atoms with Gasteiger partial charge in [0.15, 0.2) is 6.10 Å². The van der Waals surface area contributed by atoms with E-state index < -0.39 is 0 Å². The Balaban J connectivity index is 1.82. The lowest BCUT2D eigenvalue weighted by molar-refractivity contribution is -0.155. The maximum atomic E-state index is 11.3. The van der Waals surface area contributed by atoms with Gasteiger partial charge in [-0.15, -0.1) is 0 Å². The number of hydrogen-bond acceptors (Lipinski definition) is 4. The van der Waals surface area contributed by atoms with Gasteiger partial charge in [0.2, 0.25) is 0 Å². The van der Waals surface area contributed by atoms with Crippen LogP contribution in [0, 0.1) is 5.92 Å². The summed E-state index contributed by atoms with van der Waals surface area (Å²) in [6, 6.07) is 7.62. The van der Waals surface area contributed by atoms with Crippen molar-refractivity contribution in [3.05, 3.63) is 34.9 Å².